The van der Waals surface area contributed by atoms with E-state index in [4.69, 9.17) is 16.3 Å². The Hall–Kier alpha value is -3.08. The molecule has 0 radical (unpaired) electrons. The summed E-state index contributed by atoms with van der Waals surface area (Å²) < 4.78 is 34.9. The van der Waals surface area contributed by atoms with Gasteiger partial charge in [0.25, 0.3) is 0 Å². The van der Waals surface area contributed by atoms with Gasteiger partial charge in [-0.05, 0) is 79.1 Å². The number of hydrogen-bond acceptors (Lipinski definition) is 4. The molecule has 2 atom stereocenters. The smallest absolute Gasteiger partial charge is 0.238 e. The number of benzene rings is 3. The number of thioether (sulfide) groups is 1. The van der Waals surface area contributed by atoms with E-state index in [2.05, 4.69) is 13.0 Å². The Morgan fingerprint density at radius 2 is 1.79 bits per heavy atom. The second-order valence-corrected chi connectivity index (χ2v) is 11.9. The molecule has 0 N–H and O–H groups in total. The average Bonchev–Trinajstić information content (AvgIpc) is 3.32. The maximum absolute atomic E-state index is 14.6. The van der Waals surface area contributed by atoms with Gasteiger partial charge in [0.1, 0.15) is 22.6 Å². The first-order chi connectivity index (χ1) is 18.8. The summed E-state index contributed by atoms with van der Waals surface area (Å²) in [5.74, 6) is -0.171. The number of nitriles is 1. The molecule has 1 amide bonds. The SMILES string of the molecule is COc1ccc(-c2cccc(C#N)c2)cc1CN(C(=O)C1Sc2c(F)ccc(F)c2C1Cl)C1CCC(C)CC1. The highest BCUT2D eigenvalue weighted by molar-refractivity contribution is 8.01. The summed E-state index contributed by atoms with van der Waals surface area (Å²) in [7, 11) is 1.59. The lowest BCUT2D eigenvalue weighted by molar-refractivity contribution is -0.134. The maximum Gasteiger partial charge on any atom is 0.238 e. The second kappa shape index (κ2) is 11.6. The summed E-state index contributed by atoms with van der Waals surface area (Å²) >= 11 is 7.67. The third-order valence-corrected chi connectivity index (χ3v) is 9.78. The maximum atomic E-state index is 14.6. The number of rotatable bonds is 6. The zero-order valence-electron chi connectivity index (χ0n) is 21.8. The Balaban J connectivity index is 1.50. The summed E-state index contributed by atoms with van der Waals surface area (Å²) in [5, 5.41) is 7.53. The lowest BCUT2D eigenvalue weighted by atomic mass is 9.86. The zero-order valence-corrected chi connectivity index (χ0v) is 23.4. The van der Waals surface area contributed by atoms with Crippen LogP contribution in [0.3, 0.4) is 0 Å². The minimum absolute atomic E-state index is 0.0214. The fourth-order valence-corrected chi connectivity index (χ4v) is 7.40. The molecule has 0 aromatic heterocycles. The number of halogens is 3. The molecule has 39 heavy (non-hydrogen) atoms. The van der Waals surface area contributed by atoms with Crippen molar-refractivity contribution in [2.75, 3.05) is 7.11 Å². The number of carbonyl (C=O) groups excluding carboxylic acids is 1. The van der Waals surface area contributed by atoms with Gasteiger partial charge in [-0.15, -0.1) is 23.4 Å². The van der Waals surface area contributed by atoms with Crippen molar-refractivity contribution in [3.05, 3.63) is 82.9 Å². The van der Waals surface area contributed by atoms with E-state index in [1.54, 1.807) is 13.2 Å². The van der Waals surface area contributed by atoms with Crippen LogP contribution >= 0.6 is 23.4 Å². The van der Waals surface area contributed by atoms with Gasteiger partial charge in [-0.2, -0.15) is 5.26 Å². The van der Waals surface area contributed by atoms with Crippen LogP contribution in [0.4, 0.5) is 8.78 Å². The molecular formula is C31H29ClF2N2O2S. The Morgan fingerprint density at radius 1 is 1.08 bits per heavy atom. The summed E-state index contributed by atoms with van der Waals surface area (Å²) in [5.41, 5.74) is 3.22. The zero-order chi connectivity index (χ0) is 27.7. The van der Waals surface area contributed by atoms with Crippen LogP contribution in [-0.4, -0.2) is 29.2 Å². The van der Waals surface area contributed by atoms with E-state index in [0.717, 1.165) is 66.3 Å². The molecule has 0 bridgehead atoms. The van der Waals surface area contributed by atoms with Crippen LogP contribution in [0.15, 0.2) is 59.5 Å². The number of amides is 1. The molecule has 1 fully saturated rings. The molecule has 202 valence electrons. The van der Waals surface area contributed by atoms with Crippen molar-refractivity contribution in [1.82, 2.24) is 4.90 Å². The molecule has 1 aliphatic carbocycles. The van der Waals surface area contributed by atoms with Crippen LogP contribution in [0.5, 0.6) is 5.75 Å². The molecule has 3 aromatic carbocycles. The number of fused-ring (bicyclic) bond motifs is 1. The minimum atomic E-state index is -0.972. The highest BCUT2D eigenvalue weighted by Crippen LogP contribution is 2.51. The fourth-order valence-electron chi connectivity index (χ4n) is 5.58. The molecule has 1 heterocycles. The number of methoxy groups -OCH3 is 1. The Labute approximate surface area is 236 Å². The molecule has 2 unspecified atom stereocenters. The fraction of sp³-hybridized carbons (Fsp3) is 0.355. The van der Waals surface area contributed by atoms with Crippen LogP contribution in [0.2, 0.25) is 0 Å². The Kier molecular flexibility index (Phi) is 8.16. The lowest BCUT2D eigenvalue weighted by Crippen LogP contribution is -2.46. The number of carbonyl (C=O) groups is 1. The first-order valence-electron chi connectivity index (χ1n) is 13.1. The van der Waals surface area contributed by atoms with E-state index in [1.165, 1.54) is 0 Å². The average molecular weight is 567 g/mol. The van der Waals surface area contributed by atoms with Crippen molar-refractivity contribution in [2.24, 2.45) is 5.92 Å². The second-order valence-electron chi connectivity index (χ2n) is 10.3. The molecular weight excluding hydrogens is 538 g/mol. The quantitative estimate of drug-likeness (QED) is 0.285. The topological polar surface area (TPSA) is 53.3 Å². The van der Waals surface area contributed by atoms with Crippen LogP contribution in [0.25, 0.3) is 11.1 Å². The highest BCUT2D eigenvalue weighted by Gasteiger charge is 2.44. The van der Waals surface area contributed by atoms with Crippen molar-refractivity contribution in [2.45, 2.75) is 60.7 Å². The molecule has 0 saturated heterocycles. The van der Waals surface area contributed by atoms with Crippen molar-refractivity contribution in [3.63, 3.8) is 0 Å². The van der Waals surface area contributed by atoms with E-state index in [0.29, 0.717) is 17.2 Å². The van der Waals surface area contributed by atoms with E-state index < -0.39 is 22.3 Å². The molecule has 8 heteroatoms. The molecule has 1 aliphatic heterocycles. The first-order valence-corrected chi connectivity index (χ1v) is 14.4. The predicted octanol–water partition coefficient (Wildman–Crippen LogP) is 7.87. The molecule has 1 saturated carbocycles. The van der Waals surface area contributed by atoms with E-state index in [1.807, 2.05) is 41.3 Å². The van der Waals surface area contributed by atoms with Crippen LogP contribution in [-0.2, 0) is 11.3 Å². The van der Waals surface area contributed by atoms with Crippen molar-refractivity contribution >= 4 is 29.3 Å². The summed E-state index contributed by atoms with van der Waals surface area (Å²) in [6.07, 6.45) is 3.69. The van der Waals surface area contributed by atoms with Crippen molar-refractivity contribution in [1.29, 1.82) is 5.26 Å². The standard InChI is InChI=1S/C31H29ClF2N2O2S/c1-18-6-9-23(10-7-18)36(31(37)30-28(32)27-24(33)11-12-25(34)29(27)39-30)17-22-15-21(8-13-26(22)38-2)20-5-3-4-19(14-20)16-35/h3-5,8,11-15,18,23,28,30H,6-7,9-10,17H2,1-2H3. The van der Waals surface area contributed by atoms with Gasteiger partial charge in [0, 0.05) is 23.7 Å². The van der Waals surface area contributed by atoms with Gasteiger partial charge in [-0.3, -0.25) is 4.79 Å². The Bertz CT molecular complexity index is 1430. The van der Waals surface area contributed by atoms with Crippen LogP contribution in [0, 0.1) is 28.9 Å². The number of ether oxygens (including phenoxy) is 1. The highest BCUT2D eigenvalue weighted by atomic mass is 35.5. The first kappa shape index (κ1) is 27.5. The summed E-state index contributed by atoms with van der Waals surface area (Å²) in [6.45, 7) is 2.49. The number of hydrogen-bond donors (Lipinski definition) is 0. The van der Waals surface area contributed by atoms with Gasteiger partial charge in [0.2, 0.25) is 5.91 Å². The third-order valence-electron chi connectivity index (χ3n) is 7.78. The molecule has 2 aliphatic rings. The Morgan fingerprint density at radius 3 is 2.49 bits per heavy atom. The van der Waals surface area contributed by atoms with Gasteiger partial charge in [0.05, 0.1) is 29.0 Å². The monoisotopic (exact) mass is 566 g/mol. The summed E-state index contributed by atoms with van der Waals surface area (Å²) in [6, 6.07) is 17.4. The number of alkyl halides is 1. The van der Waals surface area contributed by atoms with Crippen LogP contribution < -0.4 is 4.74 Å². The van der Waals surface area contributed by atoms with Crippen molar-refractivity contribution < 1.29 is 18.3 Å². The van der Waals surface area contributed by atoms with E-state index >= 15 is 0 Å². The van der Waals surface area contributed by atoms with Gasteiger partial charge < -0.3 is 9.64 Å². The van der Waals surface area contributed by atoms with E-state index in [-0.39, 0.29) is 29.0 Å². The summed E-state index contributed by atoms with van der Waals surface area (Å²) in [4.78, 5) is 16.1. The predicted molar refractivity (Wildman–Crippen MR) is 150 cm³/mol. The molecule has 5 rings (SSSR count). The largest absolute Gasteiger partial charge is 0.496 e. The van der Waals surface area contributed by atoms with E-state index in [9.17, 15) is 18.8 Å². The third kappa shape index (κ3) is 5.50. The van der Waals surface area contributed by atoms with Crippen molar-refractivity contribution in [3.8, 4) is 22.9 Å². The molecule has 4 nitrogen and oxygen atoms in total. The minimum Gasteiger partial charge on any atom is -0.496 e. The van der Waals surface area contributed by atoms with Gasteiger partial charge in [-0.25, -0.2) is 8.78 Å². The van der Waals surface area contributed by atoms with Crippen LogP contribution in [0.1, 0.15) is 54.7 Å². The molecule has 0 spiro atoms. The van der Waals surface area contributed by atoms with Gasteiger partial charge >= 0.3 is 0 Å². The normalized spacial score (nSPS) is 22.2. The number of nitrogens with zero attached hydrogens (tertiary/aromatic N) is 2. The van der Waals surface area contributed by atoms with Gasteiger partial charge in [0.15, 0.2) is 0 Å². The molecule has 3 aromatic rings. The lowest BCUT2D eigenvalue weighted by Gasteiger charge is -2.38. The van der Waals surface area contributed by atoms with Gasteiger partial charge in [-0.1, -0.05) is 25.1 Å².